The molecule has 4 atom stereocenters. The van der Waals surface area contributed by atoms with Crippen molar-refractivity contribution in [1.29, 1.82) is 0 Å². The number of hydrogen-bond donors (Lipinski definition) is 2. The van der Waals surface area contributed by atoms with E-state index < -0.39 is 6.10 Å². The van der Waals surface area contributed by atoms with E-state index in [-0.39, 0.29) is 5.75 Å². The summed E-state index contributed by atoms with van der Waals surface area (Å²) in [6.07, 6.45) is 3.25. The third kappa shape index (κ3) is 3.78. The minimum absolute atomic E-state index is 0.121. The summed E-state index contributed by atoms with van der Waals surface area (Å²) in [6, 6.07) is 13.3. The molecule has 25 heavy (non-hydrogen) atoms. The number of nitrogens with zero attached hydrogens (tertiary/aromatic N) is 2. The molecule has 1 aliphatic heterocycles. The first kappa shape index (κ1) is 16.4. The molecule has 1 aromatic heterocycles. The molecule has 1 saturated carbocycles. The van der Waals surface area contributed by atoms with Gasteiger partial charge < -0.3 is 14.9 Å². The van der Waals surface area contributed by atoms with Crippen molar-refractivity contribution in [2.45, 2.75) is 25.0 Å². The number of para-hydroxylation sites is 1. The maximum Gasteiger partial charge on any atom is 0.133 e. The molecule has 0 amide bonds. The lowest BCUT2D eigenvalue weighted by atomic mass is 10.0. The third-order valence-electron chi connectivity index (χ3n) is 5.37. The van der Waals surface area contributed by atoms with Gasteiger partial charge in [0.25, 0.3) is 0 Å². The number of β-amino-alcohol motifs (C(OH)–C–C–N with tert-alkyl or cyclic N) is 1. The van der Waals surface area contributed by atoms with Crippen molar-refractivity contribution < 1.29 is 14.9 Å². The molecule has 1 saturated heterocycles. The number of fused-ring (bicyclic) bond motifs is 1. The van der Waals surface area contributed by atoms with Crippen LogP contribution in [0.2, 0.25) is 0 Å². The fourth-order valence-electron chi connectivity index (χ4n) is 4.21. The number of ether oxygens (including phenoxy) is 1. The molecule has 2 heterocycles. The number of aromatic hydroxyl groups is 1. The maximum atomic E-state index is 10.4. The fourth-order valence-corrected chi connectivity index (χ4v) is 4.21. The molecule has 5 heteroatoms. The molecule has 0 bridgehead atoms. The van der Waals surface area contributed by atoms with Gasteiger partial charge in [0.1, 0.15) is 17.6 Å². The molecular weight excluding hydrogens is 316 g/mol. The van der Waals surface area contributed by atoms with E-state index in [1.54, 1.807) is 12.1 Å². The Morgan fingerprint density at radius 3 is 2.44 bits per heavy atom. The summed E-state index contributed by atoms with van der Waals surface area (Å²) in [7, 11) is 0. The van der Waals surface area contributed by atoms with Crippen LogP contribution in [0.5, 0.6) is 11.5 Å². The number of benzene rings is 1. The molecule has 2 fully saturated rings. The number of likely N-dealkylation sites (tertiary alicyclic amines) is 1. The molecule has 0 spiro atoms. The quantitative estimate of drug-likeness (QED) is 0.876. The maximum absolute atomic E-state index is 10.4. The summed E-state index contributed by atoms with van der Waals surface area (Å²) in [5, 5.41) is 19.7. The summed E-state index contributed by atoms with van der Waals surface area (Å²) < 4.78 is 6.11. The lowest BCUT2D eigenvalue weighted by molar-refractivity contribution is 0.113. The van der Waals surface area contributed by atoms with Gasteiger partial charge in [-0.2, -0.15) is 0 Å². The Bertz CT molecular complexity index is 678. The molecule has 0 unspecified atom stereocenters. The van der Waals surface area contributed by atoms with E-state index in [2.05, 4.69) is 9.88 Å². The summed E-state index contributed by atoms with van der Waals surface area (Å²) in [5.41, 5.74) is 0.611. The first-order valence-electron chi connectivity index (χ1n) is 8.94. The van der Waals surface area contributed by atoms with Crippen LogP contribution in [-0.4, -0.2) is 45.8 Å². The minimum atomic E-state index is -0.615. The van der Waals surface area contributed by atoms with E-state index in [0.29, 0.717) is 30.2 Å². The minimum Gasteiger partial charge on any atom is -0.506 e. The van der Waals surface area contributed by atoms with E-state index >= 15 is 0 Å². The molecule has 1 aliphatic carbocycles. The monoisotopic (exact) mass is 340 g/mol. The average molecular weight is 340 g/mol. The topological polar surface area (TPSA) is 65.8 Å². The molecule has 4 rings (SSSR count). The van der Waals surface area contributed by atoms with E-state index in [4.69, 9.17) is 4.74 Å². The Morgan fingerprint density at radius 2 is 1.80 bits per heavy atom. The van der Waals surface area contributed by atoms with Crippen LogP contribution in [0.25, 0.3) is 0 Å². The van der Waals surface area contributed by atoms with Gasteiger partial charge in [0.05, 0.1) is 18.0 Å². The zero-order chi connectivity index (χ0) is 17.2. The lowest BCUT2D eigenvalue weighted by Crippen LogP contribution is -2.29. The van der Waals surface area contributed by atoms with Gasteiger partial charge in [0.2, 0.25) is 0 Å². The first-order valence-corrected chi connectivity index (χ1v) is 8.94. The number of rotatable bonds is 5. The van der Waals surface area contributed by atoms with E-state index in [1.807, 2.05) is 30.3 Å². The van der Waals surface area contributed by atoms with Crippen molar-refractivity contribution in [2.75, 3.05) is 19.6 Å². The highest BCUT2D eigenvalue weighted by Crippen LogP contribution is 2.40. The Kier molecular flexibility index (Phi) is 4.59. The molecule has 2 N–H and O–H groups in total. The van der Waals surface area contributed by atoms with Crippen LogP contribution in [0.15, 0.2) is 48.7 Å². The summed E-state index contributed by atoms with van der Waals surface area (Å²) in [4.78, 5) is 6.43. The summed E-state index contributed by atoms with van der Waals surface area (Å²) in [6.45, 7) is 2.61. The molecule has 1 aromatic carbocycles. The second kappa shape index (κ2) is 7.02. The van der Waals surface area contributed by atoms with Gasteiger partial charge in [0.15, 0.2) is 0 Å². The molecule has 2 aliphatic rings. The predicted molar refractivity (Wildman–Crippen MR) is 94.4 cm³/mol. The van der Waals surface area contributed by atoms with Crippen molar-refractivity contribution in [3.63, 3.8) is 0 Å². The van der Waals surface area contributed by atoms with Crippen molar-refractivity contribution in [1.82, 2.24) is 9.88 Å². The molecule has 132 valence electrons. The largest absolute Gasteiger partial charge is 0.506 e. The number of aromatic nitrogens is 1. The van der Waals surface area contributed by atoms with Gasteiger partial charge in [-0.25, -0.2) is 0 Å². The molecular formula is C20H24N2O3. The number of pyridine rings is 1. The summed E-state index contributed by atoms with van der Waals surface area (Å²) >= 11 is 0. The van der Waals surface area contributed by atoms with Crippen LogP contribution < -0.4 is 4.74 Å². The highest BCUT2D eigenvalue weighted by Gasteiger charge is 2.42. The Balaban J connectivity index is 1.28. The van der Waals surface area contributed by atoms with Gasteiger partial charge in [-0.05, 0) is 48.9 Å². The standard InChI is InChI=1S/C20H24N2O3/c23-16-6-7-19(21-10-16)20(24)13-22-11-14-8-18(9-15(14)12-22)25-17-4-2-1-3-5-17/h1-7,10,14-15,18,20,23-24H,8-9,11-13H2/t14-,15+,18+,20-/m1/s1. The van der Waals surface area contributed by atoms with Crippen molar-refractivity contribution in [3.05, 3.63) is 54.4 Å². The first-order chi connectivity index (χ1) is 12.2. The smallest absolute Gasteiger partial charge is 0.133 e. The van der Waals surface area contributed by atoms with Gasteiger partial charge in [-0.15, -0.1) is 0 Å². The zero-order valence-corrected chi connectivity index (χ0v) is 14.2. The normalized spacial score (nSPS) is 27.2. The van der Waals surface area contributed by atoms with Gasteiger partial charge in [0, 0.05) is 19.6 Å². The van der Waals surface area contributed by atoms with E-state index in [0.717, 1.165) is 31.7 Å². The fraction of sp³-hybridized carbons (Fsp3) is 0.450. The number of hydrogen-bond acceptors (Lipinski definition) is 5. The molecule has 5 nitrogen and oxygen atoms in total. The van der Waals surface area contributed by atoms with Crippen LogP contribution in [-0.2, 0) is 0 Å². The van der Waals surface area contributed by atoms with Crippen LogP contribution >= 0.6 is 0 Å². The van der Waals surface area contributed by atoms with Crippen LogP contribution in [0.1, 0.15) is 24.6 Å². The highest BCUT2D eigenvalue weighted by molar-refractivity contribution is 5.22. The average Bonchev–Trinajstić information content (AvgIpc) is 3.14. The predicted octanol–water partition coefficient (Wildman–Crippen LogP) is 2.61. The lowest BCUT2D eigenvalue weighted by Gasteiger charge is -2.22. The third-order valence-corrected chi connectivity index (χ3v) is 5.37. The Labute approximate surface area is 147 Å². The van der Waals surface area contributed by atoms with Crippen LogP contribution in [0, 0.1) is 11.8 Å². The van der Waals surface area contributed by atoms with Gasteiger partial charge in [-0.1, -0.05) is 18.2 Å². The van der Waals surface area contributed by atoms with E-state index in [1.165, 1.54) is 6.20 Å². The van der Waals surface area contributed by atoms with Crippen molar-refractivity contribution in [2.24, 2.45) is 11.8 Å². The Morgan fingerprint density at radius 1 is 1.08 bits per heavy atom. The van der Waals surface area contributed by atoms with Gasteiger partial charge in [-0.3, -0.25) is 9.88 Å². The van der Waals surface area contributed by atoms with Crippen molar-refractivity contribution >= 4 is 0 Å². The van der Waals surface area contributed by atoms with Crippen molar-refractivity contribution in [3.8, 4) is 11.5 Å². The molecule has 0 radical (unpaired) electrons. The van der Waals surface area contributed by atoms with Crippen LogP contribution in [0.3, 0.4) is 0 Å². The summed E-state index contributed by atoms with van der Waals surface area (Å²) in [5.74, 6) is 2.37. The van der Waals surface area contributed by atoms with Gasteiger partial charge >= 0.3 is 0 Å². The zero-order valence-electron chi connectivity index (χ0n) is 14.2. The SMILES string of the molecule is Oc1ccc([C@H](O)CN2C[C@H]3C[C@H](Oc4ccccc4)C[C@H]3C2)nc1. The number of aliphatic hydroxyl groups is 1. The molecule has 2 aromatic rings. The number of aliphatic hydroxyl groups excluding tert-OH is 1. The second-order valence-corrected chi connectivity index (χ2v) is 7.22. The van der Waals surface area contributed by atoms with E-state index in [9.17, 15) is 10.2 Å². The second-order valence-electron chi connectivity index (χ2n) is 7.22. The Hall–Kier alpha value is -2.11. The highest BCUT2D eigenvalue weighted by atomic mass is 16.5. The van der Waals surface area contributed by atoms with Crippen LogP contribution in [0.4, 0.5) is 0 Å².